The number of fused-ring (bicyclic) bond motifs is 6. The molecule has 0 spiro atoms. The van der Waals surface area contributed by atoms with E-state index < -0.39 is 0 Å². The van der Waals surface area contributed by atoms with E-state index in [1.54, 1.807) is 0 Å². The molecular weight excluding hydrogens is 827 g/mol. The van der Waals surface area contributed by atoms with Crippen LogP contribution >= 0.6 is 0 Å². The third kappa shape index (κ3) is 6.79. The van der Waals surface area contributed by atoms with Gasteiger partial charge in [-0.3, -0.25) is 9.55 Å². The Morgan fingerprint density at radius 3 is 1.71 bits per heavy atom. The fraction of sp³-hybridized carbons (Fsp3) is 0.219. The highest BCUT2D eigenvalue weighted by atomic mass is 16.3. The first kappa shape index (κ1) is 43.3. The molecule has 0 unspecified atom stereocenters. The molecular formula is C64H59N3O. The van der Waals surface area contributed by atoms with Gasteiger partial charge in [-0.25, -0.2) is 4.98 Å². The van der Waals surface area contributed by atoms with Crippen LogP contribution in [0.5, 0.6) is 5.75 Å². The maximum absolute atomic E-state index is 12.7. The number of allylic oxidation sites excluding steroid dienone is 1. The van der Waals surface area contributed by atoms with Crippen molar-refractivity contribution in [3.63, 3.8) is 0 Å². The molecule has 0 radical (unpaired) electrons. The average Bonchev–Trinajstić information content (AvgIpc) is 3.92. The minimum Gasteiger partial charge on any atom is -0.507 e. The fourth-order valence-corrected chi connectivity index (χ4v) is 11.5. The number of benzene rings is 7. The van der Waals surface area contributed by atoms with Gasteiger partial charge in [0.1, 0.15) is 11.6 Å². The van der Waals surface area contributed by atoms with Gasteiger partial charge in [0.05, 0.1) is 28.0 Å². The number of hydrogen-bond donors (Lipinski definition) is 1. The van der Waals surface area contributed by atoms with Crippen molar-refractivity contribution in [3.05, 3.63) is 209 Å². The third-order valence-corrected chi connectivity index (χ3v) is 14.8. The van der Waals surface area contributed by atoms with Crippen molar-refractivity contribution in [1.82, 2.24) is 14.5 Å². The quantitative estimate of drug-likeness (QED) is 0.181. The van der Waals surface area contributed by atoms with E-state index in [1.807, 2.05) is 6.20 Å². The zero-order valence-electron chi connectivity index (χ0n) is 41.0. The Bertz CT molecular complexity index is 3500. The molecule has 2 aliphatic rings. The SMILES string of the molecule is CC(C)(C)c1cc(-c2nc3c4c(ccc3n2-c2ccc(-c3ccccc3)cc2-c2ccccc2)C(C)(C)C2=C4c3cc(-c4cc(-c5ccccc5)ccn4)ccc3C2(C)C)c(O)c(C(C)(C)C)c1. The van der Waals surface area contributed by atoms with Crippen LogP contribution in [0.1, 0.15) is 103 Å². The van der Waals surface area contributed by atoms with Crippen LogP contribution in [0.4, 0.5) is 0 Å². The molecule has 9 aromatic rings. The van der Waals surface area contributed by atoms with Crippen LogP contribution < -0.4 is 0 Å². The van der Waals surface area contributed by atoms with E-state index in [0.717, 1.165) is 72.5 Å². The van der Waals surface area contributed by atoms with E-state index in [-0.39, 0.29) is 27.4 Å². The molecule has 1 N–H and O–H groups in total. The van der Waals surface area contributed by atoms with Crippen molar-refractivity contribution in [3.8, 4) is 67.5 Å². The number of phenols is 1. The molecule has 4 nitrogen and oxygen atoms in total. The molecule has 0 aliphatic heterocycles. The van der Waals surface area contributed by atoms with Crippen molar-refractivity contribution in [2.45, 2.75) is 90.9 Å². The minimum atomic E-state index is -0.333. The minimum absolute atomic E-state index is 0.191. The summed E-state index contributed by atoms with van der Waals surface area (Å²) >= 11 is 0. The summed E-state index contributed by atoms with van der Waals surface area (Å²) in [6.07, 6.45) is 1.93. The van der Waals surface area contributed by atoms with Gasteiger partial charge in [0.25, 0.3) is 0 Å². The first-order chi connectivity index (χ1) is 32.4. The molecule has 4 heteroatoms. The number of imidazole rings is 1. The summed E-state index contributed by atoms with van der Waals surface area (Å²) in [5.74, 6) is 0.982. The Labute approximate surface area is 401 Å². The van der Waals surface area contributed by atoms with E-state index in [4.69, 9.17) is 9.97 Å². The highest BCUT2D eigenvalue weighted by Crippen LogP contribution is 2.63. The van der Waals surface area contributed by atoms with E-state index in [0.29, 0.717) is 5.82 Å². The lowest BCUT2D eigenvalue weighted by molar-refractivity contribution is 0.446. The Hall–Kier alpha value is -7.30. The van der Waals surface area contributed by atoms with Gasteiger partial charge in [-0.05, 0) is 115 Å². The summed E-state index contributed by atoms with van der Waals surface area (Å²) in [5.41, 5.74) is 21.1. The third-order valence-electron chi connectivity index (χ3n) is 14.8. The molecule has 0 atom stereocenters. The van der Waals surface area contributed by atoms with Gasteiger partial charge in [0.15, 0.2) is 0 Å². The van der Waals surface area contributed by atoms with Crippen LogP contribution in [0, 0.1) is 0 Å². The number of pyridine rings is 1. The lowest BCUT2D eigenvalue weighted by Crippen LogP contribution is -2.30. The van der Waals surface area contributed by atoms with E-state index >= 15 is 0 Å². The second-order valence-electron chi connectivity index (χ2n) is 22.1. The van der Waals surface area contributed by atoms with Crippen molar-refractivity contribution in [2.24, 2.45) is 0 Å². The maximum Gasteiger partial charge on any atom is 0.149 e. The molecule has 2 aromatic heterocycles. The van der Waals surface area contributed by atoms with Gasteiger partial charge in [-0.15, -0.1) is 0 Å². The van der Waals surface area contributed by atoms with E-state index in [9.17, 15) is 5.11 Å². The Kier molecular flexibility index (Phi) is 9.78. The van der Waals surface area contributed by atoms with Gasteiger partial charge < -0.3 is 5.11 Å². The predicted octanol–water partition coefficient (Wildman–Crippen LogP) is 16.4. The van der Waals surface area contributed by atoms with Crippen molar-refractivity contribution in [2.75, 3.05) is 0 Å². The van der Waals surface area contributed by atoms with Gasteiger partial charge >= 0.3 is 0 Å². The number of aromatic hydroxyl groups is 1. The molecule has 0 saturated heterocycles. The summed E-state index contributed by atoms with van der Waals surface area (Å²) in [5, 5.41) is 12.7. The first-order valence-electron chi connectivity index (χ1n) is 24.0. The summed E-state index contributed by atoms with van der Waals surface area (Å²) in [4.78, 5) is 10.8. The number of phenolic OH excluding ortho intramolecular Hbond substituents is 1. The zero-order chi connectivity index (χ0) is 47.5. The normalized spacial score (nSPS) is 14.9. The molecule has 68 heavy (non-hydrogen) atoms. The zero-order valence-corrected chi connectivity index (χ0v) is 41.0. The standard InChI is InChI=1S/C64H59N3O/c1-61(2,3)45-37-48(58(68)51(38-45)62(4,5)6)60-66-57-54(67(60)53-30-27-42(39-20-14-11-15-21-39)34-46(53)41-24-18-13-19-25-41)31-29-50-56(57)55-47-35-44(26-28-49(47)63(7,8)59(55)64(50,9)10)52-36-43(32-33-65-52)40-22-16-12-17-23-40/h11-38,68H,1-10H3. The van der Waals surface area contributed by atoms with Gasteiger partial charge in [0, 0.05) is 39.3 Å². The lowest BCUT2D eigenvalue weighted by atomic mass is 9.68. The summed E-state index contributed by atoms with van der Waals surface area (Å²) in [6, 6.07) is 58.9. The van der Waals surface area contributed by atoms with Crippen LogP contribution in [0.3, 0.4) is 0 Å². The average molecular weight is 886 g/mol. The smallest absolute Gasteiger partial charge is 0.149 e. The van der Waals surface area contributed by atoms with Gasteiger partial charge in [0.2, 0.25) is 0 Å². The second kappa shape index (κ2) is 15.4. The number of aromatic nitrogens is 3. The number of rotatable bonds is 6. The Morgan fingerprint density at radius 2 is 1.07 bits per heavy atom. The van der Waals surface area contributed by atoms with Crippen LogP contribution in [-0.4, -0.2) is 19.6 Å². The van der Waals surface area contributed by atoms with Crippen molar-refractivity contribution >= 4 is 16.6 Å². The summed E-state index contributed by atoms with van der Waals surface area (Å²) in [6.45, 7) is 22.9. The van der Waals surface area contributed by atoms with Crippen LogP contribution in [0.2, 0.25) is 0 Å². The molecule has 0 amide bonds. The molecule has 0 bridgehead atoms. The molecule has 336 valence electrons. The number of nitrogens with zero attached hydrogens (tertiary/aromatic N) is 3. The molecule has 11 rings (SSSR count). The summed E-state index contributed by atoms with van der Waals surface area (Å²) in [7, 11) is 0. The molecule has 0 fully saturated rings. The molecule has 7 aromatic carbocycles. The summed E-state index contributed by atoms with van der Waals surface area (Å²) < 4.78 is 2.34. The monoisotopic (exact) mass is 885 g/mol. The number of hydrogen-bond acceptors (Lipinski definition) is 3. The highest BCUT2D eigenvalue weighted by Gasteiger charge is 2.51. The largest absolute Gasteiger partial charge is 0.507 e. The topological polar surface area (TPSA) is 50.9 Å². The van der Waals surface area contributed by atoms with Crippen LogP contribution in [0.15, 0.2) is 176 Å². The van der Waals surface area contributed by atoms with Crippen molar-refractivity contribution < 1.29 is 5.11 Å². The Morgan fingerprint density at radius 1 is 0.500 bits per heavy atom. The molecule has 2 heterocycles. The van der Waals surface area contributed by atoms with Gasteiger partial charge in [-0.1, -0.05) is 191 Å². The predicted molar refractivity (Wildman–Crippen MR) is 284 cm³/mol. The van der Waals surface area contributed by atoms with E-state index in [1.165, 1.54) is 39.0 Å². The molecule has 2 aliphatic carbocycles. The molecule has 0 saturated carbocycles. The van der Waals surface area contributed by atoms with Gasteiger partial charge in [-0.2, -0.15) is 0 Å². The maximum atomic E-state index is 12.7. The van der Waals surface area contributed by atoms with E-state index in [2.05, 4.69) is 238 Å². The highest BCUT2D eigenvalue weighted by molar-refractivity contribution is 6.07. The second-order valence-corrected chi connectivity index (χ2v) is 22.1. The van der Waals surface area contributed by atoms with Crippen molar-refractivity contribution in [1.29, 1.82) is 0 Å². The Balaban J connectivity index is 1.22. The van der Waals surface area contributed by atoms with Crippen LogP contribution in [0.25, 0.3) is 78.3 Å². The van der Waals surface area contributed by atoms with Crippen LogP contribution in [-0.2, 0) is 21.7 Å². The lowest BCUT2D eigenvalue weighted by Gasteiger charge is -2.35. The first-order valence-corrected chi connectivity index (χ1v) is 24.0. The fourth-order valence-electron chi connectivity index (χ4n) is 11.5.